The summed E-state index contributed by atoms with van der Waals surface area (Å²) < 4.78 is 99.8. The third-order valence-corrected chi connectivity index (χ3v) is 4.79. The van der Waals surface area contributed by atoms with Crippen LogP contribution in [-0.2, 0) is 17.3 Å². The van der Waals surface area contributed by atoms with Gasteiger partial charge in [-0.25, -0.2) is 17.6 Å². The van der Waals surface area contributed by atoms with Crippen molar-refractivity contribution in [1.29, 1.82) is 0 Å². The molecule has 2 aliphatic rings. The van der Waals surface area contributed by atoms with Gasteiger partial charge in [0.2, 0.25) is 0 Å². The highest BCUT2D eigenvalue weighted by molar-refractivity contribution is 5.38. The van der Waals surface area contributed by atoms with Gasteiger partial charge in [-0.2, -0.15) is 18.3 Å². The molecule has 1 fully saturated rings. The van der Waals surface area contributed by atoms with Crippen molar-refractivity contribution in [2.24, 2.45) is 0 Å². The third-order valence-electron chi connectivity index (χ3n) is 4.79. The lowest BCUT2D eigenvalue weighted by Crippen LogP contribution is -2.42. The molecule has 25 heavy (non-hydrogen) atoms. The van der Waals surface area contributed by atoms with Gasteiger partial charge in [0.25, 0.3) is 11.8 Å². The molecule has 0 amide bonds. The fraction of sp³-hybridized carbons (Fsp3) is 0.786. The molecule has 1 heterocycles. The van der Waals surface area contributed by atoms with E-state index in [1.807, 2.05) is 0 Å². The smallest absolute Gasteiger partial charge is 0.382 e. The summed E-state index contributed by atoms with van der Waals surface area (Å²) >= 11 is 0. The number of nitrogens with zero attached hydrogens (tertiary/aromatic N) is 2. The Hall–Kier alpha value is -1.36. The summed E-state index contributed by atoms with van der Waals surface area (Å²) in [5, 5.41) is 13.0. The van der Waals surface area contributed by atoms with Crippen LogP contribution in [0.15, 0.2) is 0 Å². The number of hydrogen-bond donors (Lipinski definition) is 1. The summed E-state index contributed by atoms with van der Waals surface area (Å²) in [6.07, 6.45) is -11.6. The van der Waals surface area contributed by atoms with E-state index in [-0.39, 0.29) is 12.8 Å². The molecule has 0 aromatic carbocycles. The second-order valence-corrected chi connectivity index (χ2v) is 6.41. The molecule has 3 rings (SSSR count). The Labute approximate surface area is 137 Å². The fourth-order valence-corrected chi connectivity index (χ4v) is 3.54. The lowest BCUT2D eigenvalue weighted by molar-refractivity contribution is -0.156. The topological polar surface area (TPSA) is 47.3 Å². The average molecular weight is 376 g/mol. The SMILES string of the molecule is COC1CC(n2nc(C(F)(F)F)c3c2CC(F)(F)C3O)CCC1(F)F. The Balaban J connectivity index is 2.03. The van der Waals surface area contributed by atoms with Crippen molar-refractivity contribution in [1.82, 2.24) is 9.78 Å². The molecule has 0 aliphatic heterocycles. The number of aromatic nitrogens is 2. The lowest BCUT2D eigenvalue weighted by atomic mass is 9.89. The predicted molar refractivity (Wildman–Crippen MR) is 69.5 cm³/mol. The quantitative estimate of drug-likeness (QED) is 0.804. The molecule has 1 saturated carbocycles. The first kappa shape index (κ1) is 18.4. The van der Waals surface area contributed by atoms with E-state index in [4.69, 9.17) is 4.74 Å². The summed E-state index contributed by atoms with van der Waals surface area (Å²) in [6, 6.07) is -0.949. The van der Waals surface area contributed by atoms with Crippen LogP contribution in [0.25, 0.3) is 0 Å². The number of aliphatic hydroxyl groups is 1. The van der Waals surface area contributed by atoms with E-state index in [0.717, 1.165) is 11.8 Å². The van der Waals surface area contributed by atoms with Gasteiger partial charge < -0.3 is 9.84 Å². The van der Waals surface area contributed by atoms with E-state index in [9.17, 15) is 35.8 Å². The molecule has 0 bridgehead atoms. The minimum absolute atomic E-state index is 0.236. The zero-order chi connectivity index (χ0) is 18.8. The number of halogens is 7. The maximum absolute atomic E-state index is 13.7. The van der Waals surface area contributed by atoms with Gasteiger partial charge in [-0.15, -0.1) is 0 Å². The molecule has 1 aromatic heterocycles. The summed E-state index contributed by atoms with van der Waals surface area (Å²) in [4.78, 5) is 0. The number of aliphatic hydroxyl groups excluding tert-OH is 1. The van der Waals surface area contributed by atoms with Gasteiger partial charge >= 0.3 is 6.18 Å². The number of methoxy groups -OCH3 is 1. The Morgan fingerprint density at radius 3 is 2.40 bits per heavy atom. The van der Waals surface area contributed by atoms with E-state index in [2.05, 4.69) is 5.10 Å². The molecule has 3 unspecified atom stereocenters. The zero-order valence-corrected chi connectivity index (χ0v) is 13.0. The fourth-order valence-electron chi connectivity index (χ4n) is 3.54. The van der Waals surface area contributed by atoms with Crippen molar-refractivity contribution in [2.75, 3.05) is 7.11 Å². The molecule has 2 aliphatic carbocycles. The average Bonchev–Trinajstić information content (AvgIpc) is 2.94. The largest absolute Gasteiger partial charge is 0.435 e. The van der Waals surface area contributed by atoms with Crippen LogP contribution in [0.5, 0.6) is 0 Å². The van der Waals surface area contributed by atoms with Crippen molar-refractivity contribution >= 4 is 0 Å². The number of alkyl halides is 7. The molecule has 1 N–H and O–H groups in total. The number of ether oxygens (including phenoxy) is 1. The first-order valence-electron chi connectivity index (χ1n) is 7.53. The number of rotatable bonds is 2. The summed E-state index contributed by atoms with van der Waals surface area (Å²) in [7, 11) is 1.05. The lowest BCUT2D eigenvalue weighted by Gasteiger charge is -2.35. The van der Waals surface area contributed by atoms with Crippen LogP contribution in [0.4, 0.5) is 30.7 Å². The van der Waals surface area contributed by atoms with Crippen LogP contribution in [-0.4, -0.2) is 39.9 Å². The maximum atomic E-state index is 13.7. The molecule has 0 spiro atoms. The van der Waals surface area contributed by atoms with Crippen LogP contribution in [0.2, 0.25) is 0 Å². The van der Waals surface area contributed by atoms with E-state index in [1.54, 1.807) is 0 Å². The zero-order valence-electron chi connectivity index (χ0n) is 13.0. The molecule has 0 saturated heterocycles. The van der Waals surface area contributed by atoms with Crippen LogP contribution in [0.1, 0.15) is 48.4 Å². The second-order valence-electron chi connectivity index (χ2n) is 6.41. The Morgan fingerprint density at radius 1 is 1.20 bits per heavy atom. The highest BCUT2D eigenvalue weighted by atomic mass is 19.4. The van der Waals surface area contributed by atoms with E-state index in [0.29, 0.717) is 0 Å². The van der Waals surface area contributed by atoms with E-state index in [1.165, 1.54) is 0 Å². The van der Waals surface area contributed by atoms with Gasteiger partial charge in [0, 0.05) is 25.5 Å². The van der Waals surface area contributed by atoms with Crippen LogP contribution in [0, 0.1) is 0 Å². The third kappa shape index (κ3) is 2.90. The van der Waals surface area contributed by atoms with Crippen LogP contribution >= 0.6 is 0 Å². The van der Waals surface area contributed by atoms with Gasteiger partial charge in [0.05, 0.1) is 18.2 Å². The molecular formula is C14H15F7N2O2. The highest BCUT2D eigenvalue weighted by Crippen LogP contribution is 2.50. The molecule has 1 aromatic rings. The van der Waals surface area contributed by atoms with Crippen molar-refractivity contribution in [3.63, 3.8) is 0 Å². The Kier molecular flexibility index (Phi) is 4.10. The summed E-state index contributed by atoms with van der Waals surface area (Å²) in [5.74, 6) is -6.92. The van der Waals surface area contributed by atoms with Gasteiger partial charge in [-0.3, -0.25) is 4.68 Å². The summed E-state index contributed by atoms with van der Waals surface area (Å²) in [6.45, 7) is 0. The van der Waals surface area contributed by atoms with Crippen LogP contribution < -0.4 is 0 Å². The van der Waals surface area contributed by atoms with Crippen LogP contribution in [0.3, 0.4) is 0 Å². The van der Waals surface area contributed by atoms with Gasteiger partial charge in [-0.05, 0) is 6.42 Å². The first-order valence-corrected chi connectivity index (χ1v) is 7.53. The second kappa shape index (κ2) is 5.57. The maximum Gasteiger partial charge on any atom is 0.435 e. The minimum Gasteiger partial charge on any atom is -0.382 e. The predicted octanol–water partition coefficient (Wildman–Crippen LogP) is 3.50. The monoisotopic (exact) mass is 376 g/mol. The van der Waals surface area contributed by atoms with Gasteiger partial charge in [0.1, 0.15) is 12.2 Å². The standard InChI is InChI=1S/C14H15F7N2O2/c1-25-8-4-6(2-3-12(8,15)16)23-7-5-13(17,18)11(24)9(7)10(22-23)14(19,20)21/h6,8,11,24H,2-5H2,1H3. The Bertz CT molecular complexity index is 671. The minimum atomic E-state index is -5.05. The highest BCUT2D eigenvalue weighted by Gasteiger charge is 2.56. The van der Waals surface area contributed by atoms with Crippen molar-refractivity contribution in [2.45, 2.75) is 62.0 Å². The molecule has 142 valence electrons. The molecule has 11 heteroatoms. The Morgan fingerprint density at radius 2 is 1.84 bits per heavy atom. The van der Waals surface area contributed by atoms with E-state index >= 15 is 0 Å². The molecule has 0 radical (unpaired) electrons. The molecule has 3 atom stereocenters. The number of fused-ring (bicyclic) bond motifs is 1. The van der Waals surface area contributed by atoms with Gasteiger partial charge in [-0.1, -0.05) is 0 Å². The summed E-state index contributed by atoms with van der Waals surface area (Å²) in [5.41, 5.74) is -3.03. The van der Waals surface area contributed by atoms with Crippen molar-refractivity contribution in [3.8, 4) is 0 Å². The normalized spacial score (nSPS) is 31.2. The first-order chi connectivity index (χ1) is 11.4. The van der Waals surface area contributed by atoms with Crippen molar-refractivity contribution < 1.29 is 40.6 Å². The molecule has 4 nitrogen and oxygen atoms in total. The van der Waals surface area contributed by atoms with Crippen molar-refractivity contribution in [3.05, 3.63) is 17.0 Å². The molecular weight excluding hydrogens is 361 g/mol. The van der Waals surface area contributed by atoms with Gasteiger partial charge in [0.15, 0.2) is 5.69 Å². The van der Waals surface area contributed by atoms with E-state index < -0.39 is 66.1 Å². The number of hydrogen-bond acceptors (Lipinski definition) is 3.